The third-order valence-corrected chi connectivity index (χ3v) is 6.17. The van der Waals surface area contributed by atoms with Gasteiger partial charge in [0.25, 0.3) is 5.91 Å². The molecule has 0 aromatic heterocycles. The molecule has 3 aromatic carbocycles. The average molecular weight is 501 g/mol. The van der Waals surface area contributed by atoms with E-state index in [2.05, 4.69) is 0 Å². The lowest BCUT2D eigenvalue weighted by Crippen LogP contribution is -2.22. The van der Waals surface area contributed by atoms with E-state index in [4.69, 9.17) is 29.4 Å². The average Bonchev–Trinajstić information content (AvgIpc) is 3.21. The Labute approximate surface area is 212 Å². The second-order valence-electron chi connectivity index (χ2n) is 8.43. The number of nitrogens with two attached hydrogens (primary N) is 1. The fourth-order valence-electron chi connectivity index (χ4n) is 4.49. The molecule has 1 unspecified atom stereocenters. The molecule has 37 heavy (non-hydrogen) atoms. The Morgan fingerprint density at radius 1 is 1.00 bits per heavy atom. The molecule has 188 valence electrons. The van der Waals surface area contributed by atoms with Crippen LogP contribution in [0.25, 0.3) is 6.08 Å². The van der Waals surface area contributed by atoms with Crippen LogP contribution in [0.3, 0.4) is 0 Å². The molecule has 2 heterocycles. The topological polar surface area (TPSA) is 123 Å². The highest BCUT2D eigenvalue weighted by molar-refractivity contribution is 6.15. The van der Waals surface area contributed by atoms with Crippen molar-refractivity contribution >= 4 is 23.7 Å². The Hall–Kier alpha value is -4.79. The van der Waals surface area contributed by atoms with Crippen molar-refractivity contribution in [2.75, 3.05) is 20.8 Å². The zero-order chi connectivity index (χ0) is 26.1. The lowest BCUT2D eigenvalue weighted by atomic mass is 9.84. The number of benzene rings is 3. The number of esters is 1. The fraction of sp³-hybridized carbons (Fsp3) is 0.179. The quantitative estimate of drug-likeness (QED) is 0.296. The Morgan fingerprint density at radius 2 is 1.78 bits per heavy atom. The number of ketones is 1. The van der Waals surface area contributed by atoms with Crippen molar-refractivity contribution < 1.29 is 38.1 Å². The van der Waals surface area contributed by atoms with Crippen LogP contribution in [0.4, 0.5) is 0 Å². The molecular weight excluding hydrogens is 478 g/mol. The second-order valence-corrected chi connectivity index (χ2v) is 8.43. The molecule has 1 atom stereocenters. The first-order valence-electron chi connectivity index (χ1n) is 11.4. The summed E-state index contributed by atoms with van der Waals surface area (Å²) in [5, 5.41) is 0. The van der Waals surface area contributed by atoms with E-state index in [1.54, 1.807) is 49.6 Å². The first kappa shape index (κ1) is 23.9. The van der Waals surface area contributed by atoms with E-state index in [0.29, 0.717) is 51.0 Å². The standard InChI is InChI=1S/C28H23NO8/c1-33-19-6-4-3-5-16(19)12-23-27(32)17-8-10-21-26(28(17)37-23)18(13-25(31)36-21)15-7-9-20(34-2)22(11-15)35-14-24(29)30/h3-12,18H,13-14H2,1-2H3,(H2,29,30). The maximum atomic E-state index is 13.3. The first-order chi connectivity index (χ1) is 17.9. The zero-order valence-corrected chi connectivity index (χ0v) is 20.1. The molecule has 0 aliphatic carbocycles. The minimum absolute atomic E-state index is 0.00808. The molecule has 1 amide bonds. The van der Waals surface area contributed by atoms with Crippen LogP contribution in [-0.4, -0.2) is 38.5 Å². The number of carbonyl (C=O) groups is 3. The van der Waals surface area contributed by atoms with Crippen LogP contribution in [0.5, 0.6) is 28.7 Å². The van der Waals surface area contributed by atoms with E-state index in [1.807, 2.05) is 18.2 Å². The van der Waals surface area contributed by atoms with E-state index in [-0.39, 0.29) is 24.6 Å². The van der Waals surface area contributed by atoms with Crippen molar-refractivity contribution in [2.24, 2.45) is 5.73 Å². The van der Waals surface area contributed by atoms with Gasteiger partial charge in [0.05, 0.1) is 26.2 Å². The van der Waals surface area contributed by atoms with Crippen molar-refractivity contribution in [3.8, 4) is 28.7 Å². The smallest absolute Gasteiger partial charge is 0.312 e. The molecule has 9 nitrogen and oxygen atoms in total. The molecule has 5 rings (SSSR count). The number of amides is 1. The van der Waals surface area contributed by atoms with Crippen LogP contribution in [0.2, 0.25) is 0 Å². The van der Waals surface area contributed by atoms with Gasteiger partial charge in [-0.25, -0.2) is 0 Å². The maximum Gasteiger partial charge on any atom is 0.312 e. The summed E-state index contributed by atoms with van der Waals surface area (Å²) in [4.78, 5) is 37.0. The number of Topliss-reactive ketones (excluding diaryl/α,β-unsaturated/α-hetero) is 1. The van der Waals surface area contributed by atoms with E-state index in [0.717, 1.165) is 0 Å². The summed E-state index contributed by atoms with van der Waals surface area (Å²) >= 11 is 0. The molecule has 2 aliphatic heterocycles. The van der Waals surface area contributed by atoms with Crippen LogP contribution < -0.4 is 29.4 Å². The van der Waals surface area contributed by atoms with E-state index in [9.17, 15) is 14.4 Å². The molecule has 2 N–H and O–H groups in total. The molecular formula is C28H23NO8. The Balaban J connectivity index is 1.58. The van der Waals surface area contributed by atoms with Gasteiger partial charge in [0.15, 0.2) is 23.9 Å². The van der Waals surface area contributed by atoms with Crippen LogP contribution in [0, 0.1) is 0 Å². The minimum Gasteiger partial charge on any atom is -0.496 e. The van der Waals surface area contributed by atoms with Gasteiger partial charge in [-0.2, -0.15) is 0 Å². The maximum absolute atomic E-state index is 13.3. The number of rotatable bonds is 7. The van der Waals surface area contributed by atoms with E-state index >= 15 is 0 Å². The number of para-hydroxylation sites is 1. The van der Waals surface area contributed by atoms with Crippen molar-refractivity contribution in [2.45, 2.75) is 12.3 Å². The highest BCUT2D eigenvalue weighted by Crippen LogP contribution is 2.50. The van der Waals surface area contributed by atoms with Gasteiger partial charge in [0, 0.05) is 17.0 Å². The summed E-state index contributed by atoms with van der Waals surface area (Å²) in [5.41, 5.74) is 7.53. The molecule has 9 heteroatoms. The Kier molecular flexibility index (Phi) is 6.27. The number of fused-ring (bicyclic) bond motifs is 3. The first-order valence-corrected chi connectivity index (χ1v) is 11.4. The minimum atomic E-state index is -0.641. The van der Waals surface area contributed by atoms with Crippen LogP contribution in [-0.2, 0) is 9.59 Å². The number of methoxy groups -OCH3 is 2. The van der Waals surface area contributed by atoms with Gasteiger partial charge in [-0.05, 0) is 42.0 Å². The van der Waals surface area contributed by atoms with Crippen molar-refractivity contribution in [1.82, 2.24) is 0 Å². The van der Waals surface area contributed by atoms with Gasteiger partial charge < -0.3 is 29.4 Å². The molecule has 2 aliphatic rings. The second kappa shape index (κ2) is 9.69. The summed E-state index contributed by atoms with van der Waals surface area (Å²) in [6.45, 7) is -0.340. The predicted octanol–water partition coefficient (Wildman–Crippen LogP) is 3.63. The zero-order valence-electron chi connectivity index (χ0n) is 20.1. The Morgan fingerprint density at radius 3 is 2.54 bits per heavy atom. The van der Waals surface area contributed by atoms with Gasteiger partial charge in [-0.1, -0.05) is 24.3 Å². The van der Waals surface area contributed by atoms with Gasteiger partial charge in [0.1, 0.15) is 17.2 Å². The monoisotopic (exact) mass is 501 g/mol. The lowest BCUT2D eigenvalue weighted by Gasteiger charge is -2.26. The Bertz CT molecular complexity index is 1460. The van der Waals surface area contributed by atoms with Crippen molar-refractivity contribution in [3.63, 3.8) is 0 Å². The summed E-state index contributed by atoms with van der Waals surface area (Å²) < 4.78 is 27.9. The summed E-state index contributed by atoms with van der Waals surface area (Å²) in [6, 6.07) is 15.6. The highest BCUT2D eigenvalue weighted by Gasteiger charge is 2.38. The SMILES string of the molecule is COc1ccccc1C=C1Oc2c(ccc3c2C(c2ccc(OC)c(OCC(N)=O)c2)CC(=O)O3)C1=O. The van der Waals surface area contributed by atoms with Crippen LogP contribution in [0.15, 0.2) is 60.4 Å². The molecule has 0 spiro atoms. The van der Waals surface area contributed by atoms with Gasteiger partial charge in [-0.3, -0.25) is 14.4 Å². The number of primary amides is 1. The number of hydrogen-bond acceptors (Lipinski definition) is 8. The third-order valence-electron chi connectivity index (χ3n) is 6.17. The normalized spacial score (nSPS) is 16.9. The number of hydrogen-bond donors (Lipinski definition) is 1. The lowest BCUT2D eigenvalue weighted by molar-refractivity contribution is -0.135. The molecule has 3 aromatic rings. The molecule has 0 radical (unpaired) electrons. The molecule has 0 bridgehead atoms. The number of carbonyl (C=O) groups excluding carboxylic acids is 3. The third kappa shape index (κ3) is 4.47. The molecule has 0 saturated heterocycles. The van der Waals surface area contributed by atoms with Crippen LogP contribution in [0.1, 0.15) is 39.4 Å². The van der Waals surface area contributed by atoms with Crippen molar-refractivity contribution in [3.05, 3.63) is 82.6 Å². The summed E-state index contributed by atoms with van der Waals surface area (Å²) in [5.74, 6) is 0.183. The van der Waals surface area contributed by atoms with Crippen molar-refractivity contribution in [1.29, 1.82) is 0 Å². The largest absolute Gasteiger partial charge is 0.496 e. The molecule has 0 fully saturated rings. The fourth-order valence-corrected chi connectivity index (χ4v) is 4.49. The van der Waals surface area contributed by atoms with Gasteiger partial charge >= 0.3 is 5.97 Å². The number of ether oxygens (including phenoxy) is 5. The van der Waals surface area contributed by atoms with Crippen LogP contribution >= 0.6 is 0 Å². The highest BCUT2D eigenvalue weighted by atomic mass is 16.5. The predicted molar refractivity (Wildman–Crippen MR) is 132 cm³/mol. The molecule has 0 saturated carbocycles. The van der Waals surface area contributed by atoms with Gasteiger partial charge in [-0.15, -0.1) is 0 Å². The van der Waals surface area contributed by atoms with E-state index < -0.39 is 17.8 Å². The number of allylic oxidation sites excluding steroid dienone is 1. The summed E-state index contributed by atoms with van der Waals surface area (Å²) in [7, 11) is 3.02. The van der Waals surface area contributed by atoms with E-state index in [1.165, 1.54) is 7.11 Å². The summed E-state index contributed by atoms with van der Waals surface area (Å²) in [6.07, 6.45) is 1.63. The van der Waals surface area contributed by atoms with Gasteiger partial charge in [0.2, 0.25) is 5.78 Å².